The second kappa shape index (κ2) is 3.14. The fourth-order valence-corrected chi connectivity index (χ4v) is 1.87. The third kappa shape index (κ3) is 1.96. The Kier molecular flexibility index (Phi) is 2.17. The zero-order valence-corrected chi connectivity index (χ0v) is 7.13. The number of aliphatic hydroxyl groups excluding tert-OH is 1. The first-order chi connectivity index (χ1) is 5.36. The lowest BCUT2D eigenvalue weighted by atomic mass is 9.79. The van der Waals surface area contributed by atoms with Gasteiger partial charge in [0.25, 0.3) is 0 Å². The molecule has 1 N–H and O–H groups in total. The largest absolute Gasteiger partial charge is 0.393 e. The van der Waals surface area contributed by atoms with E-state index in [1.165, 1.54) is 38.5 Å². The quantitative estimate of drug-likeness (QED) is 0.659. The minimum Gasteiger partial charge on any atom is -0.393 e. The lowest BCUT2D eigenvalue weighted by Gasteiger charge is -2.30. The number of aliphatic hydroxyl groups is 1. The molecule has 64 valence electrons. The topological polar surface area (TPSA) is 20.2 Å². The van der Waals surface area contributed by atoms with Crippen molar-refractivity contribution in [1.29, 1.82) is 0 Å². The summed E-state index contributed by atoms with van der Waals surface area (Å²) >= 11 is 0. The molecule has 2 fully saturated rings. The highest BCUT2D eigenvalue weighted by Crippen LogP contribution is 2.37. The van der Waals surface area contributed by atoms with Gasteiger partial charge < -0.3 is 5.11 Å². The van der Waals surface area contributed by atoms with Crippen LogP contribution in [0.5, 0.6) is 0 Å². The Morgan fingerprint density at radius 2 is 1.91 bits per heavy atom. The summed E-state index contributed by atoms with van der Waals surface area (Å²) in [4.78, 5) is 0. The highest BCUT2D eigenvalue weighted by molar-refractivity contribution is 4.80. The molecule has 2 aliphatic rings. The Balaban J connectivity index is 1.59. The Bertz CT molecular complexity index is 125. The van der Waals surface area contributed by atoms with Gasteiger partial charge in [-0.15, -0.1) is 0 Å². The fraction of sp³-hybridized carbons (Fsp3) is 1.00. The fourth-order valence-electron chi connectivity index (χ4n) is 1.87. The third-order valence-electron chi connectivity index (χ3n) is 3.26. The monoisotopic (exact) mass is 154 g/mol. The summed E-state index contributed by atoms with van der Waals surface area (Å²) in [6, 6.07) is 0. The van der Waals surface area contributed by atoms with Crippen LogP contribution >= 0.6 is 0 Å². The van der Waals surface area contributed by atoms with E-state index >= 15 is 0 Å². The molecule has 1 unspecified atom stereocenters. The maximum Gasteiger partial charge on any atom is 0.0568 e. The lowest BCUT2D eigenvalue weighted by molar-refractivity contribution is 0.0530. The van der Waals surface area contributed by atoms with Crippen molar-refractivity contribution in [3.8, 4) is 0 Å². The van der Waals surface area contributed by atoms with Gasteiger partial charge in [0.1, 0.15) is 0 Å². The molecule has 2 saturated carbocycles. The van der Waals surface area contributed by atoms with Gasteiger partial charge in [0.15, 0.2) is 0 Å². The van der Waals surface area contributed by atoms with Gasteiger partial charge in [0.2, 0.25) is 0 Å². The van der Waals surface area contributed by atoms with Gasteiger partial charge in [0, 0.05) is 0 Å². The van der Waals surface area contributed by atoms with E-state index in [0.717, 1.165) is 12.3 Å². The lowest BCUT2D eigenvalue weighted by Crippen LogP contribution is -2.26. The Labute approximate surface area is 68.8 Å². The van der Waals surface area contributed by atoms with Crippen molar-refractivity contribution in [3.05, 3.63) is 0 Å². The second-order valence-corrected chi connectivity index (χ2v) is 4.28. The molecular formula is C10H18O. The highest BCUT2D eigenvalue weighted by atomic mass is 16.3. The van der Waals surface area contributed by atoms with Gasteiger partial charge in [-0.1, -0.05) is 19.3 Å². The third-order valence-corrected chi connectivity index (χ3v) is 3.26. The van der Waals surface area contributed by atoms with Gasteiger partial charge >= 0.3 is 0 Å². The van der Waals surface area contributed by atoms with Crippen LogP contribution < -0.4 is 0 Å². The van der Waals surface area contributed by atoms with E-state index in [0.29, 0.717) is 5.92 Å². The van der Waals surface area contributed by atoms with Gasteiger partial charge in [0.05, 0.1) is 6.10 Å². The van der Waals surface area contributed by atoms with Crippen LogP contribution in [-0.4, -0.2) is 11.2 Å². The molecule has 2 aliphatic carbocycles. The van der Waals surface area contributed by atoms with Crippen LogP contribution in [0.25, 0.3) is 0 Å². The van der Waals surface area contributed by atoms with E-state index in [-0.39, 0.29) is 6.10 Å². The second-order valence-electron chi connectivity index (χ2n) is 4.28. The summed E-state index contributed by atoms with van der Waals surface area (Å²) in [5, 5.41) is 9.65. The molecule has 0 heterocycles. The predicted molar refractivity (Wildman–Crippen MR) is 45.3 cm³/mol. The van der Waals surface area contributed by atoms with Crippen LogP contribution in [0, 0.1) is 11.8 Å². The van der Waals surface area contributed by atoms with Crippen LogP contribution in [-0.2, 0) is 0 Å². The number of rotatable bonds is 4. The molecule has 0 radical (unpaired) electrons. The minimum absolute atomic E-state index is 0.0457. The molecular weight excluding hydrogens is 136 g/mol. The summed E-state index contributed by atoms with van der Waals surface area (Å²) < 4.78 is 0. The summed E-state index contributed by atoms with van der Waals surface area (Å²) in [6.07, 6.45) is 9.19. The highest BCUT2D eigenvalue weighted by Gasteiger charge is 2.28. The molecule has 0 aromatic rings. The normalized spacial score (nSPS) is 28.1. The van der Waals surface area contributed by atoms with Crippen molar-refractivity contribution in [2.75, 3.05) is 0 Å². The summed E-state index contributed by atoms with van der Waals surface area (Å²) in [6.45, 7) is 0. The molecule has 0 spiro atoms. The van der Waals surface area contributed by atoms with Gasteiger partial charge in [-0.2, -0.15) is 0 Å². The van der Waals surface area contributed by atoms with Gasteiger partial charge in [-0.25, -0.2) is 0 Å². The molecule has 0 amide bonds. The molecule has 0 aliphatic heterocycles. The van der Waals surface area contributed by atoms with Crippen LogP contribution in [0.4, 0.5) is 0 Å². The van der Waals surface area contributed by atoms with Gasteiger partial charge in [-0.3, -0.25) is 0 Å². The number of hydrogen-bond donors (Lipinski definition) is 1. The van der Waals surface area contributed by atoms with E-state index in [4.69, 9.17) is 0 Å². The summed E-state index contributed by atoms with van der Waals surface area (Å²) in [5.74, 6) is 1.67. The van der Waals surface area contributed by atoms with E-state index in [9.17, 15) is 5.11 Å². The van der Waals surface area contributed by atoms with E-state index in [2.05, 4.69) is 0 Å². The summed E-state index contributed by atoms with van der Waals surface area (Å²) in [5.41, 5.74) is 0. The Hall–Kier alpha value is -0.0400. The van der Waals surface area contributed by atoms with Crippen molar-refractivity contribution in [3.63, 3.8) is 0 Å². The number of hydrogen-bond acceptors (Lipinski definition) is 1. The van der Waals surface area contributed by atoms with Crippen molar-refractivity contribution in [2.45, 2.75) is 51.0 Å². The van der Waals surface area contributed by atoms with E-state index in [1.54, 1.807) is 0 Å². The maximum atomic E-state index is 9.65. The van der Waals surface area contributed by atoms with E-state index in [1.807, 2.05) is 0 Å². The minimum atomic E-state index is 0.0457. The molecule has 1 heteroatoms. The van der Waals surface area contributed by atoms with Crippen LogP contribution in [0.3, 0.4) is 0 Å². The van der Waals surface area contributed by atoms with Crippen molar-refractivity contribution < 1.29 is 5.11 Å². The average Bonchev–Trinajstić information content (AvgIpc) is 2.61. The molecule has 1 atom stereocenters. The smallest absolute Gasteiger partial charge is 0.0568 e. The predicted octanol–water partition coefficient (Wildman–Crippen LogP) is 2.34. The molecule has 0 aromatic carbocycles. The standard InChI is InChI=1S/C10H18O/c11-10(9-2-1-3-9)7-6-8-4-5-8/h8-11H,1-7H2. The van der Waals surface area contributed by atoms with Gasteiger partial charge in [-0.05, 0) is 37.5 Å². The first-order valence-electron chi connectivity index (χ1n) is 5.04. The van der Waals surface area contributed by atoms with Crippen molar-refractivity contribution >= 4 is 0 Å². The van der Waals surface area contributed by atoms with Crippen molar-refractivity contribution in [2.24, 2.45) is 11.8 Å². The zero-order chi connectivity index (χ0) is 7.68. The molecule has 2 rings (SSSR count). The first kappa shape index (κ1) is 7.60. The Morgan fingerprint density at radius 3 is 2.36 bits per heavy atom. The average molecular weight is 154 g/mol. The molecule has 0 bridgehead atoms. The zero-order valence-electron chi connectivity index (χ0n) is 7.13. The first-order valence-corrected chi connectivity index (χ1v) is 5.04. The van der Waals surface area contributed by atoms with Crippen LogP contribution in [0.2, 0.25) is 0 Å². The summed E-state index contributed by atoms with van der Waals surface area (Å²) in [7, 11) is 0. The molecule has 11 heavy (non-hydrogen) atoms. The Morgan fingerprint density at radius 1 is 1.18 bits per heavy atom. The molecule has 1 nitrogen and oxygen atoms in total. The molecule has 0 aromatic heterocycles. The van der Waals surface area contributed by atoms with E-state index < -0.39 is 0 Å². The van der Waals surface area contributed by atoms with Crippen LogP contribution in [0.15, 0.2) is 0 Å². The molecule has 0 saturated heterocycles. The van der Waals surface area contributed by atoms with Crippen LogP contribution in [0.1, 0.15) is 44.9 Å². The maximum absolute atomic E-state index is 9.65. The SMILES string of the molecule is OC(CCC1CC1)C1CCC1. The van der Waals surface area contributed by atoms with Crippen molar-refractivity contribution in [1.82, 2.24) is 0 Å².